The molecule has 2 aromatic heterocycles. The highest BCUT2D eigenvalue weighted by Gasteiger charge is 2.26. The minimum atomic E-state index is -0.469. The fourth-order valence-electron chi connectivity index (χ4n) is 5.45. The highest BCUT2D eigenvalue weighted by Crippen LogP contribution is 2.30. The maximum absolute atomic E-state index is 12.6. The third-order valence-electron chi connectivity index (χ3n) is 7.98. The summed E-state index contributed by atoms with van der Waals surface area (Å²) in [5.41, 5.74) is 3.88. The molecule has 10 nitrogen and oxygen atoms in total. The van der Waals surface area contributed by atoms with Gasteiger partial charge in [-0.2, -0.15) is 0 Å². The van der Waals surface area contributed by atoms with Gasteiger partial charge in [0.15, 0.2) is 5.65 Å². The summed E-state index contributed by atoms with van der Waals surface area (Å²) in [5.74, 6) is 1.01. The number of hydrogen-bond acceptors (Lipinski definition) is 7. The van der Waals surface area contributed by atoms with Crippen molar-refractivity contribution in [2.75, 3.05) is 53.1 Å². The van der Waals surface area contributed by atoms with E-state index in [1.807, 2.05) is 74.3 Å². The van der Waals surface area contributed by atoms with E-state index in [1.165, 1.54) is 6.42 Å². The van der Waals surface area contributed by atoms with Crippen molar-refractivity contribution in [3.63, 3.8) is 0 Å². The van der Waals surface area contributed by atoms with Gasteiger partial charge in [0.25, 0.3) is 0 Å². The topological polar surface area (TPSA) is 116 Å². The van der Waals surface area contributed by atoms with Gasteiger partial charge in [-0.1, -0.05) is 48.0 Å². The number of carbonyl (C=O) groups excluding carboxylic acids is 1. The van der Waals surface area contributed by atoms with Gasteiger partial charge in [0.1, 0.15) is 12.4 Å². The van der Waals surface area contributed by atoms with Crippen molar-refractivity contribution >= 4 is 28.7 Å². The number of likely N-dealkylation sites (tertiary alicyclic amines) is 1. The van der Waals surface area contributed by atoms with Crippen LogP contribution in [0.3, 0.4) is 0 Å². The number of aromatic amines is 2. The first-order valence-corrected chi connectivity index (χ1v) is 16.0. The molecule has 240 valence electrons. The highest BCUT2D eigenvalue weighted by atomic mass is 35.5. The van der Waals surface area contributed by atoms with Crippen LogP contribution >= 0.6 is 11.6 Å². The predicted octanol–water partition coefficient (Wildman–Crippen LogP) is 5.29. The second-order valence-corrected chi connectivity index (χ2v) is 12.6. The average molecular weight is 635 g/mol. The number of amides is 1. The van der Waals surface area contributed by atoms with E-state index in [0.717, 1.165) is 54.9 Å². The molecule has 45 heavy (non-hydrogen) atoms. The molecule has 3 heterocycles. The summed E-state index contributed by atoms with van der Waals surface area (Å²) in [5, 5.41) is 3.87. The number of imidazole rings is 1. The third kappa shape index (κ3) is 9.17. The number of nitrogens with one attached hydrogen (secondary N) is 3. The molecule has 2 aromatic carbocycles. The Hall–Kier alpha value is -3.70. The van der Waals surface area contributed by atoms with E-state index in [9.17, 15) is 9.59 Å². The maximum Gasteiger partial charge on any atom is 0.325 e. The normalized spacial score (nSPS) is 13.9. The summed E-state index contributed by atoms with van der Waals surface area (Å²) < 4.78 is 12.0. The molecule has 5 rings (SSSR count). The van der Waals surface area contributed by atoms with Crippen molar-refractivity contribution in [2.45, 2.75) is 45.1 Å². The number of hydrogen-bond donors (Lipinski definition) is 3. The van der Waals surface area contributed by atoms with Crippen LogP contribution in [-0.2, 0) is 9.53 Å². The first-order chi connectivity index (χ1) is 21.7. The Morgan fingerprint density at radius 2 is 1.67 bits per heavy atom. The Morgan fingerprint density at radius 3 is 2.38 bits per heavy atom. The smallest absolute Gasteiger partial charge is 0.325 e. The monoisotopic (exact) mass is 634 g/mol. The molecule has 1 fully saturated rings. The number of rotatable bonds is 14. The number of nitrogens with zero attached hydrogens (tertiary/aromatic N) is 3. The molecule has 0 bridgehead atoms. The van der Waals surface area contributed by atoms with Gasteiger partial charge in [-0.3, -0.25) is 14.7 Å². The lowest BCUT2D eigenvalue weighted by molar-refractivity contribution is -0.138. The standard InChI is InChI=1S/C34H43ClN6O4/c1-34(2,22-30(42)41-16-5-4-6-17-41)45-20-18-40(3)23-36-15-19-44-27-13-11-25(12-14-27)24-7-9-26(10-8-24)31-28(35)21-29-32(38-31)39-33(43)37-29/h7-14,21,36H,4-6,15-20,22-23H2,1-3H3,(H2,37,38,39,43). The van der Waals surface area contributed by atoms with Crippen LogP contribution in [0.2, 0.25) is 5.02 Å². The number of benzene rings is 2. The Morgan fingerprint density at radius 1 is 1.00 bits per heavy atom. The van der Waals surface area contributed by atoms with E-state index in [-0.39, 0.29) is 11.6 Å². The number of carbonyl (C=O) groups is 1. The molecule has 0 atom stereocenters. The van der Waals surface area contributed by atoms with E-state index < -0.39 is 5.60 Å². The summed E-state index contributed by atoms with van der Waals surface area (Å²) >= 11 is 6.43. The quantitative estimate of drug-likeness (QED) is 0.127. The van der Waals surface area contributed by atoms with Crippen molar-refractivity contribution in [3.8, 4) is 28.1 Å². The highest BCUT2D eigenvalue weighted by molar-refractivity contribution is 6.33. The van der Waals surface area contributed by atoms with Gasteiger partial charge in [0.2, 0.25) is 5.91 Å². The Labute approximate surface area is 269 Å². The number of halogens is 1. The number of likely N-dealkylation sites (N-methyl/N-ethyl adjacent to an activating group) is 1. The van der Waals surface area contributed by atoms with Gasteiger partial charge in [-0.15, -0.1) is 0 Å². The number of aromatic nitrogens is 3. The third-order valence-corrected chi connectivity index (χ3v) is 8.27. The largest absolute Gasteiger partial charge is 0.492 e. The maximum atomic E-state index is 12.6. The molecule has 4 aromatic rings. The second kappa shape index (κ2) is 15.1. The van der Waals surface area contributed by atoms with Crippen LogP contribution in [0.5, 0.6) is 5.75 Å². The molecular formula is C34H43ClN6O4. The SMILES string of the molecule is CN(CCOC(C)(C)CC(=O)N1CCCCC1)CNCCOc1ccc(-c2ccc(-c3nc4[nH]c(=O)[nH]c4cc3Cl)cc2)cc1. The summed E-state index contributed by atoms with van der Waals surface area (Å²) in [6, 6.07) is 17.7. The first kappa shape index (κ1) is 32.7. The molecule has 0 spiro atoms. The lowest BCUT2D eigenvalue weighted by Gasteiger charge is -2.32. The molecule has 0 unspecified atom stereocenters. The summed E-state index contributed by atoms with van der Waals surface area (Å²) in [4.78, 5) is 38.2. The number of fused-ring (bicyclic) bond motifs is 1. The number of piperidine rings is 1. The fourth-order valence-corrected chi connectivity index (χ4v) is 5.71. The second-order valence-electron chi connectivity index (χ2n) is 12.2. The van der Waals surface area contributed by atoms with Crippen molar-refractivity contribution in [3.05, 3.63) is 70.1 Å². The predicted molar refractivity (Wildman–Crippen MR) is 179 cm³/mol. The van der Waals surface area contributed by atoms with Gasteiger partial charge in [0, 0.05) is 38.4 Å². The van der Waals surface area contributed by atoms with Crippen LogP contribution in [0.1, 0.15) is 39.5 Å². The minimum absolute atomic E-state index is 0.199. The van der Waals surface area contributed by atoms with Crippen LogP contribution in [0.25, 0.3) is 33.5 Å². The van der Waals surface area contributed by atoms with E-state index in [4.69, 9.17) is 21.1 Å². The van der Waals surface area contributed by atoms with Gasteiger partial charge in [-0.05, 0) is 69.5 Å². The molecule has 3 N–H and O–H groups in total. The van der Waals surface area contributed by atoms with Gasteiger partial charge >= 0.3 is 5.69 Å². The Balaban J connectivity index is 0.994. The van der Waals surface area contributed by atoms with E-state index in [0.29, 0.717) is 54.7 Å². The number of H-pyrrole nitrogens is 2. The molecule has 1 aliphatic heterocycles. The summed E-state index contributed by atoms with van der Waals surface area (Å²) in [7, 11) is 2.04. The zero-order chi connectivity index (χ0) is 31.8. The zero-order valence-corrected chi connectivity index (χ0v) is 27.1. The van der Waals surface area contributed by atoms with Crippen LogP contribution in [0, 0.1) is 0 Å². The summed E-state index contributed by atoms with van der Waals surface area (Å²) in [6.45, 7) is 9.06. The first-order valence-electron chi connectivity index (χ1n) is 15.6. The minimum Gasteiger partial charge on any atom is -0.492 e. The zero-order valence-electron chi connectivity index (χ0n) is 26.3. The fraction of sp³-hybridized carbons (Fsp3) is 0.441. The van der Waals surface area contributed by atoms with Crippen LogP contribution in [0.4, 0.5) is 0 Å². The Bertz CT molecular complexity index is 1610. The average Bonchev–Trinajstić information content (AvgIpc) is 3.39. The summed E-state index contributed by atoms with van der Waals surface area (Å²) in [6.07, 6.45) is 3.85. The van der Waals surface area contributed by atoms with E-state index in [2.05, 4.69) is 25.2 Å². The lowest BCUT2D eigenvalue weighted by Crippen LogP contribution is -2.41. The molecule has 1 aliphatic rings. The van der Waals surface area contributed by atoms with Crippen molar-refractivity contribution < 1.29 is 14.3 Å². The molecule has 11 heteroatoms. The van der Waals surface area contributed by atoms with Gasteiger partial charge in [-0.25, -0.2) is 9.78 Å². The van der Waals surface area contributed by atoms with Crippen molar-refractivity contribution in [1.82, 2.24) is 30.1 Å². The molecule has 0 radical (unpaired) electrons. The van der Waals surface area contributed by atoms with E-state index in [1.54, 1.807) is 6.07 Å². The number of ether oxygens (including phenoxy) is 2. The van der Waals surface area contributed by atoms with Crippen LogP contribution < -0.4 is 15.7 Å². The molecule has 1 amide bonds. The Kier molecular flexibility index (Phi) is 10.9. The molecule has 0 aliphatic carbocycles. The van der Waals surface area contributed by atoms with Gasteiger partial charge in [0.05, 0.1) is 34.9 Å². The van der Waals surface area contributed by atoms with Gasteiger partial charge < -0.3 is 24.7 Å². The number of pyridine rings is 1. The van der Waals surface area contributed by atoms with E-state index >= 15 is 0 Å². The van der Waals surface area contributed by atoms with Crippen LogP contribution in [0.15, 0.2) is 59.4 Å². The van der Waals surface area contributed by atoms with Crippen LogP contribution in [-0.4, -0.2) is 89.4 Å². The molecule has 0 saturated carbocycles. The molecular weight excluding hydrogens is 592 g/mol. The molecule has 1 saturated heterocycles. The lowest BCUT2D eigenvalue weighted by atomic mass is 10.0. The van der Waals surface area contributed by atoms with Crippen molar-refractivity contribution in [1.29, 1.82) is 0 Å². The van der Waals surface area contributed by atoms with Crippen molar-refractivity contribution in [2.24, 2.45) is 0 Å².